The molecule has 0 atom stereocenters. The Hall–Kier alpha value is -3.02. The standard InChI is InChI=1S/C23H19N3OS/c27-15-26(22-9-12-25-21-4-2-1-3-18(21)22)17-5-6-23-19(13-17)20(14-28-23)16-7-10-24-11-8-16/h1-7,9,12-15,24H,8,10-11H2. The van der Waals surface area contributed by atoms with Gasteiger partial charge in [0.05, 0.1) is 11.2 Å². The number of hydrogen-bond acceptors (Lipinski definition) is 4. The first kappa shape index (κ1) is 17.1. The number of carbonyl (C=O) groups is 1. The van der Waals surface area contributed by atoms with Gasteiger partial charge in [-0.15, -0.1) is 11.3 Å². The van der Waals surface area contributed by atoms with Gasteiger partial charge in [0.2, 0.25) is 6.41 Å². The summed E-state index contributed by atoms with van der Waals surface area (Å²) in [7, 11) is 0. The Labute approximate surface area is 167 Å². The highest BCUT2D eigenvalue weighted by Gasteiger charge is 2.16. The summed E-state index contributed by atoms with van der Waals surface area (Å²) in [6.07, 6.45) is 5.94. The molecule has 0 fully saturated rings. The smallest absolute Gasteiger partial charge is 0.218 e. The first-order chi connectivity index (χ1) is 13.8. The molecule has 5 heteroatoms. The van der Waals surface area contributed by atoms with Crippen LogP contribution in [0.1, 0.15) is 12.0 Å². The van der Waals surface area contributed by atoms with E-state index >= 15 is 0 Å². The lowest BCUT2D eigenvalue weighted by Gasteiger charge is -2.20. The van der Waals surface area contributed by atoms with E-state index in [0.29, 0.717) is 0 Å². The molecule has 0 aliphatic carbocycles. The summed E-state index contributed by atoms with van der Waals surface area (Å²) < 4.78 is 1.24. The highest BCUT2D eigenvalue weighted by molar-refractivity contribution is 7.17. The molecule has 4 aromatic rings. The lowest BCUT2D eigenvalue weighted by Crippen LogP contribution is -2.19. The van der Waals surface area contributed by atoms with Crippen LogP contribution in [-0.2, 0) is 4.79 Å². The second-order valence-corrected chi connectivity index (χ2v) is 7.75. The zero-order valence-electron chi connectivity index (χ0n) is 15.3. The molecule has 138 valence electrons. The highest BCUT2D eigenvalue weighted by atomic mass is 32.1. The van der Waals surface area contributed by atoms with Gasteiger partial charge in [-0.05, 0) is 59.8 Å². The van der Waals surface area contributed by atoms with Crippen molar-refractivity contribution in [2.75, 3.05) is 18.0 Å². The van der Waals surface area contributed by atoms with Crippen molar-refractivity contribution in [1.29, 1.82) is 0 Å². The van der Waals surface area contributed by atoms with Crippen molar-refractivity contribution in [3.8, 4) is 0 Å². The van der Waals surface area contributed by atoms with E-state index in [-0.39, 0.29) is 0 Å². The van der Waals surface area contributed by atoms with Gasteiger partial charge >= 0.3 is 0 Å². The van der Waals surface area contributed by atoms with Gasteiger partial charge in [0.1, 0.15) is 0 Å². The molecule has 1 aliphatic heterocycles. The first-order valence-corrected chi connectivity index (χ1v) is 10.2. The zero-order valence-corrected chi connectivity index (χ0v) is 16.1. The quantitative estimate of drug-likeness (QED) is 0.496. The number of carbonyl (C=O) groups excluding carboxylic acids is 1. The summed E-state index contributed by atoms with van der Waals surface area (Å²) in [5.41, 5.74) is 5.26. The molecule has 2 aromatic heterocycles. The van der Waals surface area contributed by atoms with Crippen LogP contribution in [0.5, 0.6) is 0 Å². The minimum Gasteiger partial charge on any atom is -0.313 e. The van der Waals surface area contributed by atoms with Crippen LogP contribution in [-0.4, -0.2) is 24.5 Å². The maximum atomic E-state index is 12.1. The monoisotopic (exact) mass is 385 g/mol. The summed E-state index contributed by atoms with van der Waals surface area (Å²) >= 11 is 1.76. The second kappa shape index (κ2) is 7.19. The number of hydrogen-bond donors (Lipinski definition) is 1. The van der Waals surface area contributed by atoms with Gasteiger partial charge in [0.15, 0.2) is 0 Å². The third kappa shape index (κ3) is 2.89. The summed E-state index contributed by atoms with van der Waals surface area (Å²) in [6, 6.07) is 16.1. The number of nitrogens with zero attached hydrogens (tertiary/aromatic N) is 2. The molecule has 0 bridgehead atoms. The lowest BCUT2D eigenvalue weighted by atomic mass is 9.99. The van der Waals surface area contributed by atoms with Gasteiger partial charge in [-0.3, -0.25) is 14.7 Å². The molecule has 1 amide bonds. The fraction of sp³-hybridized carbons (Fsp3) is 0.130. The number of anilines is 2. The molecule has 3 heterocycles. The Kier molecular flexibility index (Phi) is 4.39. The summed E-state index contributed by atoms with van der Waals surface area (Å²) in [5.74, 6) is 0. The van der Waals surface area contributed by atoms with Crippen LogP contribution in [0.4, 0.5) is 11.4 Å². The van der Waals surface area contributed by atoms with Gasteiger partial charge < -0.3 is 5.32 Å². The predicted octanol–water partition coefficient (Wildman–Crippen LogP) is 5.12. The van der Waals surface area contributed by atoms with Gasteiger partial charge in [-0.2, -0.15) is 0 Å². The number of para-hydroxylation sites is 1. The number of fused-ring (bicyclic) bond motifs is 2. The first-order valence-electron chi connectivity index (χ1n) is 9.35. The maximum Gasteiger partial charge on any atom is 0.218 e. The van der Waals surface area contributed by atoms with E-state index in [9.17, 15) is 4.79 Å². The fourth-order valence-corrected chi connectivity index (χ4v) is 4.80. The Balaban J connectivity index is 1.64. The zero-order chi connectivity index (χ0) is 18.9. The lowest BCUT2D eigenvalue weighted by molar-refractivity contribution is -0.106. The van der Waals surface area contributed by atoms with Crippen LogP contribution < -0.4 is 10.2 Å². The Morgan fingerprint density at radius 1 is 1.11 bits per heavy atom. The number of aromatic nitrogens is 1. The number of pyridine rings is 1. The SMILES string of the molecule is O=CN(c1ccc2scc(C3=CCNCC3)c2c1)c1ccnc2ccccc12. The number of nitrogens with one attached hydrogen (secondary N) is 1. The minimum absolute atomic E-state index is 0.845. The molecule has 0 unspecified atom stereocenters. The average molecular weight is 385 g/mol. The van der Waals surface area contributed by atoms with Gasteiger partial charge in [-0.1, -0.05) is 24.3 Å². The molecule has 28 heavy (non-hydrogen) atoms. The van der Waals surface area contributed by atoms with Crippen molar-refractivity contribution < 1.29 is 4.79 Å². The van der Waals surface area contributed by atoms with Crippen LogP contribution >= 0.6 is 11.3 Å². The van der Waals surface area contributed by atoms with E-state index in [2.05, 4.69) is 33.9 Å². The molecule has 0 spiro atoms. The van der Waals surface area contributed by atoms with E-state index in [1.54, 1.807) is 22.4 Å². The van der Waals surface area contributed by atoms with E-state index in [0.717, 1.165) is 48.2 Å². The molecule has 1 N–H and O–H groups in total. The van der Waals surface area contributed by atoms with Crippen molar-refractivity contribution in [3.63, 3.8) is 0 Å². The average Bonchev–Trinajstić information content (AvgIpc) is 3.18. The second-order valence-electron chi connectivity index (χ2n) is 6.84. The Morgan fingerprint density at radius 2 is 2.04 bits per heavy atom. The summed E-state index contributed by atoms with van der Waals surface area (Å²) in [5, 5.41) is 7.77. The minimum atomic E-state index is 0.845. The van der Waals surface area contributed by atoms with Crippen molar-refractivity contribution >= 4 is 55.7 Å². The molecule has 0 saturated heterocycles. The molecular formula is C23H19N3OS. The van der Waals surface area contributed by atoms with E-state index < -0.39 is 0 Å². The van der Waals surface area contributed by atoms with Crippen LogP contribution in [0.3, 0.4) is 0 Å². The number of benzene rings is 2. The van der Waals surface area contributed by atoms with E-state index in [1.807, 2.05) is 36.4 Å². The van der Waals surface area contributed by atoms with Crippen molar-refractivity contribution in [2.45, 2.75) is 6.42 Å². The van der Waals surface area contributed by atoms with E-state index in [4.69, 9.17) is 0 Å². The van der Waals surface area contributed by atoms with Crippen molar-refractivity contribution in [3.05, 3.63) is 71.7 Å². The summed E-state index contributed by atoms with van der Waals surface area (Å²) in [4.78, 5) is 18.2. The van der Waals surface area contributed by atoms with Crippen molar-refractivity contribution in [1.82, 2.24) is 10.3 Å². The molecule has 4 nitrogen and oxygen atoms in total. The number of amides is 1. The molecule has 1 aliphatic rings. The Morgan fingerprint density at radius 3 is 2.89 bits per heavy atom. The van der Waals surface area contributed by atoms with Gasteiger partial charge in [0, 0.05) is 33.9 Å². The fourth-order valence-electron chi connectivity index (χ4n) is 3.83. The molecule has 0 saturated carbocycles. The van der Waals surface area contributed by atoms with Crippen molar-refractivity contribution in [2.24, 2.45) is 0 Å². The third-order valence-electron chi connectivity index (χ3n) is 5.24. The van der Waals surface area contributed by atoms with Crippen LogP contribution in [0.25, 0.3) is 26.6 Å². The predicted molar refractivity (Wildman–Crippen MR) is 117 cm³/mol. The normalized spacial score (nSPS) is 14.2. The molecule has 5 rings (SSSR count). The van der Waals surface area contributed by atoms with Crippen LogP contribution in [0.2, 0.25) is 0 Å². The summed E-state index contributed by atoms with van der Waals surface area (Å²) in [6.45, 7) is 1.92. The van der Waals surface area contributed by atoms with Crippen LogP contribution in [0.15, 0.2) is 66.2 Å². The van der Waals surface area contributed by atoms with Gasteiger partial charge in [-0.25, -0.2) is 0 Å². The molecule has 2 aromatic carbocycles. The maximum absolute atomic E-state index is 12.1. The molecular weight excluding hydrogens is 366 g/mol. The molecule has 0 radical (unpaired) electrons. The number of thiophene rings is 1. The van der Waals surface area contributed by atoms with Gasteiger partial charge in [0.25, 0.3) is 0 Å². The Bertz CT molecular complexity index is 1210. The number of rotatable bonds is 4. The van der Waals surface area contributed by atoms with E-state index in [1.165, 1.54) is 21.2 Å². The largest absolute Gasteiger partial charge is 0.313 e. The van der Waals surface area contributed by atoms with Crippen LogP contribution in [0, 0.1) is 0 Å². The topological polar surface area (TPSA) is 45.2 Å². The highest BCUT2D eigenvalue weighted by Crippen LogP contribution is 2.37. The third-order valence-corrected chi connectivity index (χ3v) is 6.20.